The van der Waals surface area contributed by atoms with Crippen molar-refractivity contribution in [3.05, 3.63) is 35.4 Å². The normalized spacial score (nSPS) is 21.0. The lowest BCUT2D eigenvalue weighted by atomic mass is 9.97. The highest BCUT2D eigenvalue weighted by Gasteiger charge is 2.30. The van der Waals surface area contributed by atoms with Crippen LogP contribution in [-0.2, 0) is 0 Å². The lowest BCUT2D eigenvalue weighted by molar-refractivity contribution is 0.0356. The van der Waals surface area contributed by atoms with Gasteiger partial charge in [0.1, 0.15) is 0 Å². The van der Waals surface area contributed by atoms with E-state index >= 15 is 0 Å². The Labute approximate surface area is 143 Å². The fraction of sp³-hybridized carbons (Fsp3) is 0.579. The Morgan fingerprint density at radius 1 is 0.958 bits per heavy atom. The second-order valence-electron chi connectivity index (χ2n) is 6.89. The summed E-state index contributed by atoms with van der Waals surface area (Å²) in [6.07, 6.45) is 3.48. The quantitative estimate of drug-likeness (QED) is 0.861. The van der Waals surface area contributed by atoms with E-state index in [1.165, 1.54) is 6.92 Å². The average molecular weight is 330 g/mol. The summed E-state index contributed by atoms with van der Waals surface area (Å²) in [4.78, 5) is 28.8. The van der Waals surface area contributed by atoms with E-state index in [-0.39, 0.29) is 17.8 Å². The van der Waals surface area contributed by atoms with Crippen molar-refractivity contribution in [3.8, 4) is 0 Å². The van der Waals surface area contributed by atoms with Crippen LogP contribution in [0.3, 0.4) is 0 Å². The van der Waals surface area contributed by atoms with Gasteiger partial charge in [-0.25, -0.2) is 0 Å². The Balaban J connectivity index is 1.61. The number of Topliss-reactive ketones (excluding diaryl/α,β-unsaturated/α-hetero) is 1. The average Bonchev–Trinajstić information content (AvgIpc) is 2.62. The third-order valence-corrected chi connectivity index (χ3v) is 5.30. The van der Waals surface area contributed by atoms with Crippen LogP contribution in [0.1, 0.15) is 53.3 Å². The largest absolute Gasteiger partial charge is 0.393 e. The highest BCUT2D eigenvalue weighted by molar-refractivity contribution is 6.07. The number of aliphatic hydroxyl groups is 1. The van der Waals surface area contributed by atoms with Gasteiger partial charge in [-0.3, -0.25) is 9.59 Å². The van der Waals surface area contributed by atoms with Crippen LogP contribution < -0.4 is 0 Å². The molecule has 1 amide bonds. The number of benzene rings is 1. The van der Waals surface area contributed by atoms with Crippen LogP contribution in [-0.4, -0.2) is 64.9 Å². The molecule has 0 unspecified atom stereocenters. The van der Waals surface area contributed by atoms with Crippen LogP contribution in [0.15, 0.2) is 24.3 Å². The molecule has 1 N–H and O–H groups in total. The maximum absolute atomic E-state index is 12.8. The molecule has 2 heterocycles. The van der Waals surface area contributed by atoms with Crippen molar-refractivity contribution in [1.82, 2.24) is 9.80 Å². The number of nitrogens with zero attached hydrogens (tertiary/aromatic N) is 2. The van der Waals surface area contributed by atoms with Crippen molar-refractivity contribution in [2.24, 2.45) is 0 Å². The zero-order valence-corrected chi connectivity index (χ0v) is 14.3. The molecule has 0 aliphatic carbocycles. The van der Waals surface area contributed by atoms with Crippen LogP contribution in [0, 0.1) is 0 Å². The number of piperidine rings is 2. The van der Waals surface area contributed by atoms with Gasteiger partial charge in [-0.2, -0.15) is 0 Å². The molecule has 5 nitrogen and oxygen atoms in total. The molecule has 2 saturated heterocycles. The Kier molecular flexibility index (Phi) is 5.31. The fourth-order valence-electron chi connectivity index (χ4n) is 3.83. The molecule has 2 aliphatic rings. The predicted octanol–water partition coefficient (Wildman–Crippen LogP) is 1.95. The number of amides is 1. The van der Waals surface area contributed by atoms with Crippen LogP contribution in [0.25, 0.3) is 0 Å². The summed E-state index contributed by atoms with van der Waals surface area (Å²) in [5, 5.41) is 9.63. The van der Waals surface area contributed by atoms with Crippen molar-refractivity contribution < 1.29 is 14.7 Å². The summed E-state index contributed by atoms with van der Waals surface area (Å²) in [6, 6.07) is 7.58. The van der Waals surface area contributed by atoms with Gasteiger partial charge in [0.15, 0.2) is 5.78 Å². The maximum Gasteiger partial charge on any atom is 0.254 e. The van der Waals surface area contributed by atoms with Gasteiger partial charge in [0.05, 0.1) is 11.7 Å². The number of carbonyl (C=O) groups excluding carboxylic acids is 2. The SMILES string of the molecule is CC(=O)c1ccccc1C(=O)N1CCC(N2CCC(O)CC2)CC1. The van der Waals surface area contributed by atoms with Gasteiger partial charge in [-0.15, -0.1) is 0 Å². The maximum atomic E-state index is 12.8. The summed E-state index contributed by atoms with van der Waals surface area (Å²) in [5.74, 6) is -0.103. The van der Waals surface area contributed by atoms with Crippen molar-refractivity contribution in [2.75, 3.05) is 26.2 Å². The highest BCUT2D eigenvalue weighted by Crippen LogP contribution is 2.23. The molecule has 2 fully saturated rings. The molecule has 3 rings (SSSR count). The van der Waals surface area contributed by atoms with Gasteiger partial charge in [0, 0.05) is 37.8 Å². The minimum absolute atomic E-state index is 0.0340. The van der Waals surface area contributed by atoms with Gasteiger partial charge >= 0.3 is 0 Å². The van der Waals surface area contributed by atoms with Crippen molar-refractivity contribution >= 4 is 11.7 Å². The molecule has 0 bridgehead atoms. The molecule has 5 heteroatoms. The number of aliphatic hydroxyl groups excluding tert-OH is 1. The van der Waals surface area contributed by atoms with Gasteiger partial charge in [-0.05, 0) is 38.7 Å². The van der Waals surface area contributed by atoms with Crippen molar-refractivity contribution in [1.29, 1.82) is 0 Å². The third-order valence-electron chi connectivity index (χ3n) is 5.30. The summed E-state index contributed by atoms with van der Waals surface area (Å²) in [7, 11) is 0. The van der Waals surface area contributed by atoms with Crippen LogP contribution in [0.5, 0.6) is 0 Å². The van der Waals surface area contributed by atoms with Gasteiger partial charge in [-0.1, -0.05) is 18.2 Å². The zero-order valence-electron chi connectivity index (χ0n) is 14.3. The van der Waals surface area contributed by atoms with E-state index in [2.05, 4.69) is 4.90 Å². The first-order valence-corrected chi connectivity index (χ1v) is 8.87. The number of rotatable bonds is 3. The first kappa shape index (κ1) is 17.1. The van der Waals surface area contributed by atoms with E-state index < -0.39 is 0 Å². The van der Waals surface area contributed by atoms with E-state index in [0.29, 0.717) is 17.2 Å². The molecule has 2 aliphatic heterocycles. The van der Waals surface area contributed by atoms with Gasteiger partial charge in [0.25, 0.3) is 5.91 Å². The Morgan fingerprint density at radius 3 is 2.12 bits per heavy atom. The minimum Gasteiger partial charge on any atom is -0.393 e. The topological polar surface area (TPSA) is 60.9 Å². The predicted molar refractivity (Wildman–Crippen MR) is 92.2 cm³/mol. The standard InChI is InChI=1S/C19H26N2O3/c1-14(22)17-4-2-3-5-18(17)19(24)21-10-6-15(7-11-21)20-12-8-16(23)9-13-20/h2-5,15-16,23H,6-13H2,1H3. The van der Waals surface area contributed by atoms with Crippen LogP contribution in [0.2, 0.25) is 0 Å². The summed E-state index contributed by atoms with van der Waals surface area (Å²) >= 11 is 0. The number of hydrogen-bond donors (Lipinski definition) is 1. The van der Waals surface area contributed by atoms with E-state index in [0.717, 1.165) is 51.9 Å². The first-order chi connectivity index (χ1) is 11.6. The van der Waals surface area contributed by atoms with Crippen molar-refractivity contribution in [2.45, 2.75) is 44.8 Å². The summed E-state index contributed by atoms with van der Waals surface area (Å²) in [6.45, 7) is 4.87. The molecule has 130 valence electrons. The number of carbonyl (C=O) groups is 2. The van der Waals surface area contributed by atoms with E-state index in [1.54, 1.807) is 18.2 Å². The molecule has 0 saturated carbocycles. The van der Waals surface area contributed by atoms with E-state index in [9.17, 15) is 14.7 Å². The van der Waals surface area contributed by atoms with E-state index in [1.807, 2.05) is 11.0 Å². The van der Waals surface area contributed by atoms with Gasteiger partial charge in [0.2, 0.25) is 0 Å². The molecule has 0 aromatic heterocycles. The zero-order chi connectivity index (χ0) is 17.1. The van der Waals surface area contributed by atoms with Crippen molar-refractivity contribution in [3.63, 3.8) is 0 Å². The Morgan fingerprint density at radius 2 is 1.54 bits per heavy atom. The molecule has 0 radical (unpaired) electrons. The minimum atomic E-state index is -0.147. The smallest absolute Gasteiger partial charge is 0.254 e. The second kappa shape index (κ2) is 7.45. The highest BCUT2D eigenvalue weighted by atomic mass is 16.3. The van der Waals surface area contributed by atoms with Crippen LogP contribution in [0.4, 0.5) is 0 Å². The monoisotopic (exact) mass is 330 g/mol. The lowest BCUT2D eigenvalue weighted by Gasteiger charge is -2.41. The van der Waals surface area contributed by atoms with Gasteiger partial charge < -0.3 is 14.9 Å². The molecule has 24 heavy (non-hydrogen) atoms. The Hall–Kier alpha value is -1.72. The first-order valence-electron chi connectivity index (χ1n) is 8.87. The molecule has 1 aromatic rings. The molecular formula is C19H26N2O3. The lowest BCUT2D eigenvalue weighted by Crippen LogP contribution is -2.49. The van der Waals surface area contributed by atoms with E-state index in [4.69, 9.17) is 0 Å². The van der Waals surface area contributed by atoms with Crippen LogP contribution >= 0.6 is 0 Å². The molecular weight excluding hydrogens is 304 g/mol. The summed E-state index contributed by atoms with van der Waals surface area (Å²) < 4.78 is 0. The Bertz CT molecular complexity index is 600. The number of hydrogen-bond acceptors (Lipinski definition) is 4. The number of ketones is 1. The second-order valence-corrected chi connectivity index (χ2v) is 6.89. The number of likely N-dealkylation sites (tertiary alicyclic amines) is 2. The molecule has 1 aromatic carbocycles. The third kappa shape index (κ3) is 3.68. The molecule has 0 spiro atoms. The molecule has 0 atom stereocenters. The summed E-state index contributed by atoms with van der Waals surface area (Å²) in [5.41, 5.74) is 1.03. The fourth-order valence-corrected chi connectivity index (χ4v) is 3.83.